The van der Waals surface area contributed by atoms with Gasteiger partial charge in [0.15, 0.2) is 25.0 Å². The maximum atomic E-state index is 6.64. The Morgan fingerprint density at radius 2 is 1.04 bits per heavy atom. The van der Waals surface area contributed by atoms with Gasteiger partial charge in [0.2, 0.25) is 0 Å². The highest BCUT2D eigenvalue weighted by atomic mass is 28.5. The van der Waals surface area contributed by atoms with Crippen LogP contribution in [0.1, 0.15) is 5.56 Å². The van der Waals surface area contributed by atoms with Gasteiger partial charge in [0.25, 0.3) is 0 Å². The van der Waals surface area contributed by atoms with E-state index in [1.807, 2.05) is 24.3 Å². The SMILES string of the molecule is COc1ccc(/C=C/[Si](O[Si](C)(C)C)(O[Si](C)(C)C)O[Si](C)(C)C)cc1. The second-order valence-corrected chi connectivity index (χ2v) is 26.0. The third-order valence-electron chi connectivity index (χ3n) is 2.94. The minimum atomic E-state index is -2.93. The highest BCUT2D eigenvalue weighted by Crippen LogP contribution is 2.27. The number of rotatable bonds is 9. The van der Waals surface area contributed by atoms with E-state index in [1.54, 1.807) is 7.11 Å². The standard InChI is InChI=1S/C18H36O4Si4/c1-19-18-13-11-17(12-14-18)15-16-26(20-23(2,3)4,21-24(5,6)7)22-25(8,9)10/h11-16H,1-10H3/b16-15+. The summed E-state index contributed by atoms with van der Waals surface area (Å²) >= 11 is 0. The Bertz CT molecular complexity index is 555. The van der Waals surface area contributed by atoms with E-state index in [-0.39, 0.29) is 0 Å². The van der Waals surface area contributed by atoms with Crippen molar-refractivity contribution >= 4 is 39.8 Å². The van der Waals surface area contributed by atoms with Crippen LogP contribution in [0, 0.1) is 0 Å². The van der Waals surface area contributed by atoms with Crippen molar-refractivity contribution in [3.63, 3.8) is 0 Å². The molecule has 1 aromatic rings. The number of benzene rings is 1. The van der Waals surface area contributed by atoms with Crippen LogP contribution in [0.15, 0.2) is 30.0 Å². The molecule has 0 unspecified atom stereocenters. The molecular weight excluding hydrogens is 393 g/mol. The van der Waals surface area contributed by atoms with Gasteiger partial charge in [0, 0.05) is 0 Å². The second-order valence-electron chi connectivity index (χ2n) is 9.35. The fourth-order valence-electron chi connectivity index (χ4n) is 2.36. The lowest BCUT2D eigenvalue weighted by molar-refractivity contribution is 0.271. The molecular formula is C18H36O4Si4. The van der Waals surface area contributed by atoms with E-state index in [4.69, 9.17) is 17.1 Å². The van der Waals surface area contributed by atoms with Gasteiger partial charge in [0.1, 0.15) is 5.75 Å². The Labute approximate surface area is 164 Å². The minimum Gasteiger partial charge on any atom is -0.497 e. The van der Waals surface area contributed by atoms with Gasteiger partial charge >= 0.3 is 8.80 Å². The topological polar surface area (TPSA) is 36.9 Å². The lowest BCUT2D eigenvalue weighted by Gasteiger charge is -2.41. The van der Waals surface area contributed by atoms with Gasteiger partial charge < -0.3 is 17.1 Å². The van der Waals surface area contributed by atoms with Crippen molar-refractivity contribution in [1.29, 1.82) is 0 Å². The van der Waals surface area contributed by atoms with Crippen LogP contribution >= 0.6 is 0 Å². The van der Waals surface area contributed by atoms with Crippen molar-refractivity contribution in [3.05, 3.63) is 35.5 Å². The predicted molar refractivity (Wildman–Crippen MR) is 121 cm³/mol. The van der Waals surface area contributed by atoms with Crippen molar-refractivity contribution in [1.82, 2.24) is 0 Å². The Kier molecular flexibility index (Phi) is 7.86. The fraction of sp³-hybridized carbons (Fsp3) is 0.556. The first-order chi connectivity index (χ1) is 11.6. The molecule has 0 N–H and O–H groups in total. The van der Waals surface area contributed by atoms with Crippen LogP contribution < -0.4 is 4.74 Å². The molecule has 0 amide bonds. The molecule has 148 valence electrons. The summed E-state index contributed by atoms with van der Waals surface area (Å²) in [5.74, 6) is 0.848. The Morgan fingerprint density at radius 1 is 0.654 bits per heavy atom. The zero-order valence-electron chi connectivity index (χ0n) is 18.1. The second kappa shape index (κ2) is 8.68. The van der Waals surface area contributed by atoms with Gasteiger partial charge in [-0.25, -0.2) is 0 Å². The van der Waals surface area contributed by atoms with E-state index in [0.29, 0.717) is 0 Å². The lowest BCUT2D eigenvalue weighted by atomic mass is 10.2. The predicted octanol–water partition coefficient (Wildman–Crippen LogP) is 5.74. The van der Waals surface area contributed by atoms with Gasteiger partial charge in [-0.15, -0.1) is 0 Å². The van der Waals surface area contributed by atoms with Crippen LogP contribution in [-0.4, -0.2) is 40.9 Å². The summed E-state index contributed by atoms with van der Waals surface area (Å²) in [6.07, 6.45) is 2.08. The van der Waals surface area contributed by atoms with Crippen molar-refractivity contribution in [2.75, 3.05) is 7.11 Å². The first-order valence-corrected chi connectivity index (χ1v) is 21.1. The van der Waals surface area contributed by atoms with Crippen molar-refractivity contribution in [2.24, 2.45) is 0 Å². The summed E-state index contributed by atoms with van der Waals surface area (Å²) < 4.78 is 25.1. The molecule has 1 rings (SSSR count). The molecule has 8 heteroatoms. The van der Waals surface area contributed by atoms with Gasteiger partial charge in [-0.2, -0.15) is 0 Å². The van der Waals surface area contributed by atoms with Gasteiger partial charge in [-0.05, 0) is 82.3 Å². The number of hydrogen-bond acceptors (Lipinski definition) is 4. The Morgan fingerprint density at radius 3 is 1.35 bits per heavy atom. The van der Waals surface area contributed by atoms with Crippen LogP contribution in [0.4, 0.5) is 0 Å². The minimum absolute atomic E-state index is 0.848. The first kappa shape index (κ1) is 23.5. The number of ether oxygens (including phenoxy) is 1. The van der Waals surface area contributed by atoms with Gasteiger partial charge in [-0.3, -0.25) is 0 Å². The van der Waals surface area contributed by atoms with Crippen molar-refractivity contribution < 1.29 is 17.1 Å². The summed E-state index contributed by atoms with van der Waals surface area (Å²) in [5, 5.41) is 0. The van der Waals surface area contributed by atoms with Gasteiger partial charge in [0.05, 0.1) is 7.11 Å². The quantitative estimate of drug-likeness (QED) is 0.470. The third kappa shape index (κ3) is 9.45. The van der Waals surface area contributed by atoms with E-state index in [0.717, 1.165) is 11.3 Å². The zero-order valence-corrected chi connectivity index (χ0v) is 22.1. The molecule has 0 radical (unpaired) electrons. The largest absolute Gasteiger partial charge is 0.498 e. The van der Waals surface area contributed by atoms with Crippen molar-refractivity contribution in [2.45, 2.75) is 58.9 Å². The molecule has 0 aliphatic heterocycles. The third-order valence-corrected chi connectivity index (χ3v) is 14.3. The van der Waals surface area contributed by atoms with Crippen LogP contribution in [-0.2, 0) is 12.3 Å². The number of hydrogen-bond donors (Lipinski definition) is 0. The van der Waals surface area contributed by atoms with Crippen molar-refractivity contribution in [3.8, 4) is 5.75 Å². The molecule has 0 aliphatic rings. The monoisotopic (exact) mass is 428 g/mol. The average Bonchev–Trinajstić information content (AvgIpc) is 2.40. The Balaban J connectivity index is 3.30. The lowest BCUT2D eigenvalue weighted by Crippen LogP contribution is -2.59. The smallest absolute Gasteiger partial charge is 0.497 e. The summed E-state index contributed by atoms with van der Waals surface area (Å²) in [7, 11) is -6.84. The fourth-order valence-corrected chi connectivity index (χ4v) is 15.4. The average molecular weight is 429 g/mol. The molecule has 0 saturated carbocycles. The Hall–Kier alpha value is -0.492. The molecule has 0 atom stereocenters. The van der Waals surface area contributed by atoms with Crippen LogP contribution in [0.2, 0.25) is 58.9 Å². The summed E-state index contributed by atoms with van der Waals surface area (Å²) in [4.78, 5) is 0. The van der Waals surface area contributed by atoms with Crippen LogP contribution in [0.5, 0.6) is 5.75 Å². The zero-order chi connectivity index (χ0) is 20.2. The highest BCUT2D eigenvalue weighted by molar-refractivity contribution is 6.92. The van der Waals surface area contributed by atoms with E-state index in [9.17, 15) is 0 Å². The molecule has 0 aromatic heterocycles. The van der Waals surface area contributed by atoms with Crippen LogP contribution in [0.25, 0.3) is 6.08 Å². The van der Waals surface area contributed by atoms with E-state index in [1.165, 1.54) is 0 Å². The van der Waals surface area contributed by atoms with Gasteiger partial charge in [-0.1, -0.05) is 18.2 Å². The molecule has 26 heavy (non-hydrogen) atoms. The van der Waals surface area contributed by atoms with Crippen LogP contribution in [0.3, 0.4) is 0 Å². The molecule has 0 spiro atoms. The highest BCUT2D eigenvalue weighted by Gasteiger charge is 2.48. The first-order valence-electron chi connectivity index (χ1n) is 9.07. The van der Waals surface area contributed by atoms with E-state index in [2.05, 4.69) is 70.7 Å². The molecule has 0 aliphatic carbocycles. The summed E-state index contributed by atoms with van der Waals surface area (Å²) in [6.45, 7) is 19.7. The van der Waals surface area contributed by atoms with E-state index >= 15 is 0 Å². The molecule has 0 bridgehead atoms. The maximum absolute atomic E-state index is 6.64. The number of methoxy groups -OCH3 is 1. The molecule has 1 aromatic carbocycles. The molecule has 0 heterocycles. The summed E-state index contributed by atoms with van der Waals surface area (Å²) in [5.41, 5.74) is 3.17. The summed E-state index contributed by atoms with van der Waals surface area (Å²) in [6, 6.07) is 7.99. The maximum Gasteiger partial charge on any atom is 0.498 e. The molecule has 0 saturated heterocycles. The van der Waals surface area contributed by atoms with E-state index < -0.39 is 33.8 Å². The normalized spacial score (nSPS) is 14.1. The molecule has 4 nitrogen and oxygen atoms in total. The molecule has 0 fully saturated rings.